The van der Waals surface area contributed by atoms with Crippen LogP contribution in [-0.2, 0) is 0 Å². The van der Waals surface area contributed by atoms with Crippen molar-refractivity contribution in [1.82, 2.24) is 4.98 Å². The number of hydrogen-bond acceptors (Lipinski definition) is 2. The zero-order valence-corrected chi connectivity index (χ0v) is 7.70. The van der Waals surface area contributed by atoms with Gasteiger partial charge >= 0.3 is 0 Å². The molecule has 4 heteroatoms. The Kier molecular flexibility index (Phi) is 2.16. The van der Waals surface area contributed by atoms with Crippen LogP contribution in [0.15, 0.2) is 10.7 Å². The summed E-state index contributed by atoms with van der Waals surface area (Å²) in [7, 11) is 0. The van der Waals surface area contributed by atoms with Gasteiger partial charge in [-0.25, -0.2) is 4.98 Å². The minimum absolute atomic E-state index is 0.480. The average Bonchev–Trinajstić information content (AvgIpc) is 1.93. The van der Waals surface area contributed by atoms with Crippen LogP contribution in [0.25, 0.3) is 0 Å². The normalized spacial score (nSPS) is 9.90. The summed E-state index contributed by atoms with van der Waals surface area (Å²) in [6.45, 7) is 1.83. The summed E-state index contributed by atoms with van der Waals surface area (Å²) in [5.74, 6) is 0.480. The zero-order valence-electron chi connectivity index (χ0n) is 5.36. The Bertz CT molecular complexity index is 235. The van der Waals surface area contributed by atoms with Crippen LogP contribution in [0.4, 0.5) is 5.82 Å². The van der Waals surface area contributed by atoms with Crippen molar-refractivity contribution in [3.63, 3.8) is 0 Å². The lowest BCUT2D eigenvalue weighted by molar-refractivity contribution is 1.26. The molecule has 0 radical (unpaired) electrons. The molecular weight excluding hydrogens is 215 g/mol. The van der Waals surface area contributed by atoms with Gasteiger partial charge in [0, 0.05) is 11.8 Å². The number of aromatic nitrogens is 1. The molecule has 1 rings (SSSR count). The Labute approximate surface area is 72.5 Å². The smallest absolute Gasteiger partial charge is 0.127 e. The van der Waals surface area contributed by atoms with Gasteiger partial charge in [-0.05, 0) is 22.9 Å². The molecule has 1 aromatic heterocycles. The Hall–Kier alpha value is -0.280. The van der Waals surface area contributed by atoms with Gasteiger partial charge in [0.1, 0.15) is 5.82 Å². The second-order valence-corrected chi connectivity index (χ2v) is 3.16. The number of hydrogen-bond donors (Lipinski definition) is 1. The van der Waals surface area contributed by atoms with Gasteiger partial charge in [-0.1, -0.05) is 11.6 Å². The summed E-state index contributed by atoms with van der Waals surface area (Å²) in [5.41, 5.74) is 6.29. The standard InChI is InChI=1S/C6H6BrClN2/c1-3-5(8)4(7)2-10-6(3)9/h2H,1H3,(H2,9,10). The van der Waals surface area contributed by atoms with E-state index in [2.05, 4.69) is 20.9 Å². The van der Waals surface area contributed by atoms with Crippen LogP contribution in [0, 0.1) is 6.92 Å². The van der Waals surface area contributed by atoms with E-state index in [0.717, 1.165) is 10.0 Å². The zero-order chi connectivity index (χ0) is 7.72. The predicted molar refractivity (Wildman–Crippen MR) is 46.1 cm³/mol. The molecule has 0 aliphatic carbocycles. The van der Waals surface area contributed by atoms with Gasteiger partial charge in [0.05, 0.1) is 9.50 Å². The molecule has 54 valence electrons. The molecule has 1 aromatic rings. The number of nitrogens with zero attached hydrogens (tertiary/aromatic N) is 1. The fraction of sp³-hybridized carbons (Fsp3) is 0.167. The van der Waals surface area contributed by atoms with Crippen molar-refractivity contribution >= 4 is 33.3 Å². The Balaban J connectivity index is 3.34. The fourth-order valence-electron chi connectivity index (χ4n) is 0.571. The third kappa shape index (κ3) is 1.25. The topological polar surface area (TPSA) is 38.9 Å². The first-order chi connectivity index (χ1) is 4.63. The average molecular weight is 221 g/mol. The number of pyridine rings is 1. The molecule has 1 heterocycles. The Morgan fingerprint density at radius 3 is 2.80 bits per heavy atom. The van der Waals surface area contributed by atoms with Gasteiger partial charge in [-0.3, -0.25) is 0 Å². The van der Waals surface area contributed by atoms with Crippen molar-refractivity contribution in [2.45, 2.75) is 6.92 Å². The van der Waals surface area contributed by atoms with Gasteiger partial charge in [0.15, 0.2) is 0 Å². The highest BCUT2D eigenvalue weighted by molar-refractivity contribution is 9.10. The lowest BCUT2D eigenvalue weighted by atomic mass is 10.3. The highest BCUT2D eigenvalue weighted by Gasteiger charge is 2.03. The van der Waals surface area contributed by atoms with Crippen LogP contribution < -0.4 is 5.73 Å². The molecule has 0 amide bonds. The van der Waals surface area contributed by atoms with E-state index in [4.69, 9.17) is 17.3 Å². The van der Waals surface area contributed by atoms with E-state index >= 15 is 0 Å². The number of halogens is 2. The van der Waals surface area contributed by atoms with Crippen molar-refractivity contribution in [3.05, 3.63) is 21.3 Å². The van der Waals surface area contributed by atoms with Crippen LogP contribution in [0.1, 0.15) is 5.56 Å². The largest absolute Gasteiger partial charge is 0.383 e. The maximum Gasteiger partial charge on any atom is 0.127 e. The first kappa shape index (κ1) is 7.82. The lowest BCUT2D eigenvalue weighted by Crippen LogP contribution is -1.93. The van der Waals surface area contributed by atoms with Crippen LogP contribution >= 0.6 is 27.5 Å². The van der Waals surface area contributed by atoms with E-state index in [1.165, 1.54) is 0 Å². The molecule has 0 aromatic carbocycles. The predicted octanol–water partition coefficient (Wildman–Crippen LogP) is 2.39. The second-order valence-electron chi connectivity index (χ2n) is 1.93. The third-order valence-electron chi connectivity index (χ3n) is 1.24. The third-order valence-corrected chi connectivity index (χ3v) is 2.56. The summed E-state index contributed by atoms with van der Waals surface area (Å²) >= 11 is 9.05. The number of anilines is 1. The van der Waals surface area contributed by atoms with Gasteiger partial charge in [-0.2, -0.15) is 0 Å². The van der Waals surface area contributed by atoms with Crippen molar-refractivity contribution < 1.29 is 0 Å². The quantitative estimate of drug-likeness (QED) is 0.731. The minimum Gasteiger partial charge on any atom is -0.383 e. The SMILES string of the molecule is Cc1c(N)ncc(Br)c1Cl. The van der Waals surface area contributed by atoms with Crippen molar-refractivity contribution in [2.24, 2.45) is 0 Å². The molecule has 0 atom stereocenters. The molecule has 0 fully saturated rings. The Morgan fingerprint density at radius 2 is 2.30 bits per heavy atom. The molecule has 0 bridgehead atoms. The van der Waals surface area contributed by atoms with Crippen molar-refractivity contribution in [1.29, 1.82) is 0 Å². The van der Waals surface area contributed by atoms with Gasteiger partial charge in [0.2, 0.25) is 0 Å². The highest BCUT2D eigenvalue weighted by atomic mass is 79.9. The minimum atomic E-state index is 0.480. The van der Waals surface area contributed by atoms with Gasteiger partial charge < -0.3 is 5.73 Å². The summed E-state index contributed by atoms with van der Waals surface area (Å²) in [4.78, 5) is 3.89. The van der Waals surface area contributed by atoms with Crippen LogP contribution in [0.2, 0.25) is 5.02 Å². The molecule has 0 aliphatic heterocycles. The molecule has 0 spiro atoms. The van der Waals surface area contributed by atoms with E-state index < -0.39 is 0 Å². The lowest BCUT2D eigenvalue weighted by Gasteiger charge is -2.01. The van der Waals surface area contributed by atoms with Crippen molar-refractivity contribution in [2.75, 3.05) is 5.73 Å². The van der Waals surface area contributed by atoms with E-state index in [1.807, 2.05) is 6.92 Å². The van der Waals surface area contributed by atoms with Gasteiger partial charge in [-0.15, -0.1) is 0 Å². The molecule has 0 saturated heterocycles. The second kappa shape index (κ2) is 2.76. The fourth-order valence-corrected chi connectivity index (χ4v) is 1.12. The number of nitrogens with two attached hydrogens (primary N) is 1. The maximum atomic E-state index is 5.82. The summed E-state index contributed by atoms with van der Waals surface area (Å²) in [5, 5.41) is 0.632. The van der Waals surface area contributed by atoms with E-state index in [-0.39, 0.29) is 0 Å². The van der Waals surface area contributed by atoms with Crippen molar-refractivity contribution in [3.8, 4) is 0 Å². The summed E-state index contributed by atoms with van der Waals surface area (Å²) < 4.78 is 0.779. The van der Waals surface area contributed by atoms with Crippen LogP contribution in [-0.4, -0.2) is 4.98 Å². The monoisotopic (exact) mass is 220 g/mol. The Morgan fingerprint density at radius 1 is 1.70 bits per heavy atom. The molecular formula is C6H6BrClN2. The van der Waals surface area contributed by atoms with Crippen LogP contribution in [0.3, 0.4) is 0 Å². The van der Waals surface area contributed by atoms with Gasteiger partial charge in [0.25, 0.3) is 0 Å². The molecule has 10 heavy (non-hydrogen) atoms. The number of rotatable bonds is 0. The highest BCUT2D eigenvalue weighted by Crippen LogP contribution is 2.27. The summed E-state index contributed by atoms with van der Waals surface area (Å²) in [6, 6.07) is 0. The first-order valence-corrected chi connectivity index (χ1v) is 3.86. The van der Waals surface area contributed by atoms with E-state index in [9.17, 15) is 0 Å². The number of nitrogen functional groups attached to an aromatic ring is 1. The summed E-state index contributed by atoms with van der Waals surface area (Å²) in [6.07, 6.45) is 1.59. The molecule has 0 unspecified atom stereocenters. The molecule has 0 aliphatic rings. The molecule has 2 N–H and O–H groups in total. The van der Waals surface area contributed by atoms with E-state index in [1.54, 1.807) is 6.20 Å². The maximum absolute atomic E-state index is 5.82. The first-order valence-electron chi connectivity index (χ1n) is 2.69. The molecule has 0 saturated carbocycles. The van der Waals surface area contributed by atoms with E-state index in [0.29, 0.717) is 10.8 Å². The molecule has 2 nitrogen and oxygen atoms in total. The van der Waals surface area contributed by atoms with Crippen LogP contribution in [0.5, 0.6) is 0 Å².